The van der Waals surface area contributed by atoms with Gasteiger partial charge in [-0.3, -0.25) is 4.79 Å². The van der Waals surface area contributed by atoms with Crippen molar-refractivity contribution in [2.24, 2.45) is 0 Å². The molecule has 0 spiro atoms. The number of nitrogens with zero attached hydrogens (tertiary/aromatic N) is 1. The van der Waals surface area contributed by atoms with E-state index in [4.69, 9.17) is 9.47 Å². The van der Waals surface area contributed by atoms with Crippen LogP contribution in [0.3, 0.4) is 0 Å². The van der Waals surface area contributed by atoms with Crippen molar-refractivity contribution in [2.45, 2.75) is 6.92 Å². The number of benzene rings is 1. The highest BCUT2D eigenvalue weighted by Crippen LogP contribution is 2.24. The Kier molecular flexibility index (Phi) is 4.54. The molecule has 0 saturated heterocycles. The number of ether oxygens (including phenoxy) is 2. The summed E-state index contributed by atoms with van der Waals surface area (Å²) < 4.78 is 9.79. The van der Waals surface area contributed by atoms with Gasteiger partial charge in [0.1, 0.15) is 10.6 Å². The largest absolute Gasteiger partial charge is 0.497 e. The molecule has 0 aliphatic carbocycles. The quantitative estimate of drug-likeness (QED) is 0.878. The van der Waals surface area contributed by atoms with Crippen molar-refractivity contribution in [1.29, 1.82) is 0 Å². The van der Waals surface area contributed by atoms with E-state index in [1.165, 1.54) is 31.6 Å². The second-order valence-electron chi connectivity index (χ2n) is 4.12. The standard InChI is InChI=1S/C14H14N2O4S/c1-8-12(21-7-15-8)13(17)16-11-5-4-9(19-2)6-10(11)14(18)20-3/h4-7H,1-3H3,(H,16,17). The summed E-state index contributed by atoms with van der Waals surface area (Å²) in [6.07, 6.45) is 0. The lowest BCUT2D eigenvalue weighted by molar-refractivity contribution is 0.0601. The van der Waals surface area contributed by atoms with Crippen LogP contribution in [0.4, 0.5) is 5.69 Å². The first-order chi connectivity index (χ1) is 10.1. The third-order valence-corrected chi connectivity index (χ3v) is 3.76. The summed E-state index contributed by atoms with van der Waals surface area (Å²) in [4.78, 5) is 28.5. The Morgan fingerprint density at radius 1 is 1.29 bits per heavy atom. The number of carbonyl (C=O) groups is 2. The number of rotatable bonds is 4. The van der Waals surface area contributed by atoms with Crippen LogP contribution < -0.4 is 10.1 Å². The number of hydrogen-bond acceptors (Lipinski definition) is 6. The molecule has 0 unspecified atom stereocenters. The first-order valence-corrected chi connectivity index (χ1v) is 6.92. The molecule has 6 nitrogen and oxygen atoms in total. The van der Waals surface area contributed by atoms with Crippen LogP contribution in [0.2, 0.25) is 0 Å². The minimum absolute atomic E-state index is 0.229. The second kappa shape index (κ2) is 6.36. The van der Waals surface area contributed by atoms with E-state index in [9.17, 15) is 9.59 Å². The third kappa shape index (κ3) is 3.19. The molecule has 0 atom stereocenters. The van der Waals surface area contributed by atoms with Crippen molar-refractivity contribution < 1.29 is 19.1 Å². The summed E-state index contributed by atoms with van der Waals surface area (Å²) in [6.45, 7) is 1.75. The zero-order chi connectivity index (χ0) is 15.4. The van der Waals surface area contributed by atoms with Gasteiger partial charge in [-0.2, -0.15) is 0 Å². The number of nitrogens with one attached hydrogen (secondary N) is 1. The molecule has 0 bridgehead atoms. The predicted octanol–water partition coefficient (Wildman–Crippen LogP) is 2.50. The fraction of sp³-hybridized carbons (Fsp3) is 0.214. The van der Waals surface area contributed by atoms with E-state index < -0.39 is 5.97 Å². The molecule has 1 aromatic carbocycles. The SMILES string of the molecule is COC(=O)c1cc(OC)ccc1NC(=O)c1scnc1C. The molecule has 7 heteroatoms. The molecule has 1 N–H and O–H groups in total. The van der Waals surface area contributed by atoms with Gasteiger partial charge in [0.25, 0.3) is 5.91 Å². The summed E-state index contributed by atoms with van der Waals surface area (Å²) >= 11 is 1.24. The maximum atomic E-state index is 12.2. The van der Waals surface area contributed by atoms with Crippen molar-refractivity contribution in [3.8, 4) is 5.75 Å². The van der Waals surface area contributed by atoms with Crippen molar-refractivity contribution in [3.05, 3.63) is 39.8 Å². The monoisotopic (exact) mass is 306 g/mol. The minimum Gasteiger partial charge on any atom is -0.497 e. The van der Waals surface area contributed by atoms with Gasteiger partial charge in [-0.25, -0.2) is 9.78 Å². The number of hydrogen-bond donors (Lipinski definition) is 1. The fourth-order valence-electron chi connectivity index (χ4n) is 1.74. The number of aryl methyl sites for hydroxylation is 1. The molecule has 1 amide bonds. The smallest absolute Gasteiger partial charge is 0.340 e. The summed E-state index contributed by atoms with van der Waals surface area (Å²) in [5, 5.41) is 2.70. The number of methoxy groups -OCH3 is 2. The molecule has 0 aliphatic heterocycles. The van der Waals surface area contributed by atoms with Crippen molar-refractivity contribution in [1.82, 2.24) is 4.98 Å². The lowest BCUT2D eigenvalue weighted by atomic mass is 10.1. The van der Waals surface area contributed by atoms with E-state index in [2.05, 4.69) is 10.3 Å². The van der Waals surface area contributed by atoms with Crippen LogP contribution >= 0.6 is 11.3 Å². The van der Waals surface area contributed by atoms with Crippen molar-refractivity contribution in [2.75, 3.05) is 19.5 Å². The van der Waals surface area contributed by atoms with Crippen molar-refractivity contribution >= 4 is 28.9 Å². The maximum Gasteiger partial charge on any atom is 0.340 e. The zero-order valence-electron chi connectivity index (χ0n) is 11.8. The molecule has 0 aliphatic rings. The number of amides is 1. The molecule has 1 heterocycles. The lowest BCUT2D eigenvalue weighted by Gasteiger charge is -2.11. The molecule has 1 aromatic heterocycles. The van der Waals surface area contributed by atoms with Crippen LogP contribution in [0.1, 0.15) is 25.7 Å². The minimum atomic E-state index is -0.551. The Balaban J connectivity index is 2.33. The van der Waals surface area contributed by atoms with Crippen LogP contribution in [0, 0.1) is 6.92 Å². The van der Waals surface area contributed by atoms with Gasteiger partial charge < -0.3 is 14.8 Å². The average molecular weight is 306 g/mol. The van der Waals surface area contributed by atoms with E-state index in [0.717, 1.165) is 0 Å². The molecule has 0 radical (unpaired) electrons. The van der Waals surface area contributed by atoms with Crippen LogP contribution in [0.25, 0.3) is 0 Å². The van der Waals surface area contributed by atoms with Gasteiger partial charge in [0.05, 0.1) is 36.7 Å². The number of carbonyl (C=O) groups excluding carboxylic acids is 2. The lowest BCUT2D eigenvalue weighted by Crippen LogP contribution is -2.15. The summed E-state index contributed by atoms with van der Waals surface area (Å²) in [5.41, 5.74) is 2.83. The number of esters is 1. The van der Waals surface area contributed by atoms with Crippen LogP contribution in [-0.4, -0.2) is 31.1 Å². The van der Waals surface area contributed by atoms with E-state index in [0.29, 0.717) is 22.0 Å². The zero-order valence-corrected chi connectivity index (χ0v) is 12.6. The van der Waals surface area contributed by atoms with Gasteiger partial charge in [-0.05, 0) is 25.1 Å². The molecular formula is C14H14N2O4S. The first-order valence-electron chi connectivity index (χ1n) is 6.04. The topological polar surface area (TPSA) is 77.5 Å². The summed E-state index contributed by atoms with van der Waals surface area (Å²) in [5.74, 6) is -0.363. The van der Waals surface area contributed by atoms with Gasteiger partial charge >= 0.3 is 5.97 Å². The highest BCUT2D eigenvalue weighted by molar-refractivity contribution is 7.12. The number of anilines is 1. The Morgan fingerprint density at radius 2 is 2.05 bits per heavy atom. The molecule has 2 rings (SSSR count). The maximum absolute atomic E-state index is 12.2. The molecular weight excluding hydrogens is 292 g/mol. The van der Waals surface area contributed by atoms with Gasteiger partial charge in [0, 0.05) is 0 Å². The summed E-state index contributed by atoms with van der Waals surface area (Å²) in [7, 11) is 2.77. The molecule has 0 fully saturated rings. The molecule has 2 aromatic rings. The van der Waals surface area contributed by atoms with Gasteiger partial charge in [0.15, 0.2) is 0 Å². The average Bonchev–Trinajstić information content (AvgIpc) is 2.93. The van der Waals surface area contributed by atoms with Gasteiger partial charge in [-0.1, -0.05) is 0 Å². The number of aromatic nitrogens is 1. The Hall–Kier alpha value is -2.41. The molecule has 110 valence electrons. The van der Waals surface area contributed by atoms with Gasteiger partial charge in [-0.15, -0.1) is 11.3 Å². The van der Waals surface area contributed by atoms with Crippen molar-refractivity contribution in [3.63, 3.8) is 0 Å². The highest BCUT2D eigenvalue weighted by Gasteiger charge is 2.18. The predicted molar refractivity (Wildman–Crippen MR) is 79.1 cm³/mol. The van der Waals surface area contributed by atoms with Crippen LogP contribution in [-0.2, 0) is 4.74 Å². The Morgan fingerprint density at radius 3 is 2.62 bits per heavy atom. The van der Waals surface area contributed by atoms with E-state index in [-0.39, 0.29) is 11.5 Å². The highest BCUT2D eigenvalue weighted by atomic mass is 32.1. The second-order valence-corrected chi connectivity index (χ2v) is 4.98. The molecule has 21 heavy (non-hydrogen) atoms. The third-order valence-electron chi connectivity index (χ3n) is 2.83. The first kappa shape index (κ1) is 15.0. The Bertz CT molecular complexity index is 681. The van der Waals surface area contributed by atoms with E-state index in [1.807, 2.05) is 0 Å². The van der Waals surface area contributed by atoms with E-state index >= 15 is 0 Å². The van der Waals surface area contributed by atoms with Crippen LogP contribution in [0.5, 0.6) is 5.75 Å². The number of thiazole rings is 1. The Labute approximate surface area is 125 Å². The molecule has 0 saturated carbocycles. The van der Waals surface area contributed by atoms with Gasteiger partial charge in [0.2, 0.25) is 0 Å². The van der Waals surface area contributed by atoms with E-state index in [1.54, 1.807) is 24.6 Å². The van der Waals surface area contributed by atoms with Crippen LogP contribution in [0.15, 0.2) is 23.7 Å². The fourth-order valence-corrected chi connectivity index (χ4v) is 2.43. The summed E-state index contributed by atoms with van der Waals surface area (Å²) in [6, 6.07) is 4.77. The normalized spacial score (nSPS) is 10.0.